The molecule has 2 rings (SSSR count). The molecule has 1 aromatic rings. The first-order valence-electron chi connectivity index (χ1n) is 5.27. The van der Waals surface area contributed by atoms with Gasteiger partial charge < -0.3 is 5.11 Å². The van der Waals surface area contributed by atoms with Gasteiger partial charge >= 0.3 is 0 Å². The van der Waals surface area contributed by atoms with E-state index in [2.05, 4.69) is 30.3 Å². The largest absolute Gasteiger partial charge is 0.396 e. The summed E-state index contributed by atoms with van der Waals surface area (Å²) in [7, 11) is 0. The fourth-order valence-corrected chi connectivity index (χ4v) is 2.04. The van der Waals surface area contributed by atoms with E-state index in [4.69, 9.17) is 5.11 Å². The van der Waals surface area contributed by atoms with Crippen LogP contribution >= 0.6 is 0 Å². The quantitative estimate of drug-likeness (QED) is 0.756. The zero-order valence-corrected chi connectivity index (χ0v) is 8.32. The van der Waals surface area contributed by atoms with Crippen LogP contribution in [0.3, 0.4) is 0 Å². The molecule has 0 heterocycles. The Morgan fingerprint density at radius 3 is 2.71 bits per heavy atom. The molecule has 1 nitrogen and oxygen atoms in total. The minimum absolute atomic E-state index is 0.288. The van der Waals surface area contributed by atoms with Gasteiger partial charge in [-0.2, -0.15) is 0 Å². The molecule has 0 bridgehead atoms. The van der Waals surface area contributed by atoms with Gasteiger partial charge in [0.25, 0.3) is 0 Å². The number of hydrogen-bond acceptors (Lipinski definition) is 1. The maximum absolute atomic E-state index is 9.11. The fourth-order valence-electron chi connectivity index (χ4n) is 2.04. The highest BCUT2D eigenvalue weighted by atomic mass is 16.3. The van der Waals surface area contributed by atoms with Gasteiger partial charge in [-0.1, -0.05) is 36.4 Å². The highest BCUT2D eigenvalue weighted by Gasteiger charge is 2.13. The second kappa shape index (κ2) is 4.43. The zero-order valence-electron chi connectivity index (χ0n) is 8.32. The van der Waals surface area contributed by atoms with Crippen molar-refractivity contribution in [3.05, 3.63) is 42.0 Å². The summed E-state index contributed by atoms with van der Waals surface area (Å²) in [5.41, 5.74) is 2.71. The molecule has 0 amide bonds. The molecule has 1 aromatic carbocycles. The third kappa shape index (κ3) is 2.05. The van der Waals surface area contributed by atoms with Crippen LogP contribution in [-0.2, 0) is 0 Å². The third-order valence-corrected chi connectivity index (χ3v) is 2.84. The number of aliphatic hydroxyl groups excluding tert-OH is 1. The lowest BCUT2D eigenvalue weighted by Gasteiger charge is -2.19. The molecule has 0 radical (unpaired) electrons. The molecule has 0 fully saturated rings. The van der Waals surface area contributed by atoms with Crippen molar-refractivity contribution in [2.75, 3.05) is 6.61 Å². The normalized spacial score (nSPS) is 21.8. The van der Waals surface area contributed by atoms with E-state index in [-0.39, 0.29) is 6.61 Å². The van der Waals surface area contributed by atoms with Crippen LogP contribution in [0.5, 0.6) is 0 Å². The van der Waals surface area contributed by atoms with Gasteiger partial charge in [0.15, 0.2) is 0 Å². The lowest BCUT2D eigenvalue weighted by Crippen LogP contribution is -2.08. The van der Waals surface area contributed by atoms with Gasteiger partial charge in [-0.05, 0) is 30.4 Å². The van der Waals surface area contributed by atoms with E-state index in [9.17, 15) is 0 Å². The maximum atomic E-state index is 9.11. The molecule has 1 unspecified atom stereocenters. The van der Waals surface area contributed by atoms with Crippen molar-refractivity contribution in [1.29, 1.82) is 0 Å². The number of rotatable bonds is 2. The lowest BCUT2D eigenvalue weighted by atomic mass is 9.88. The molecule has 1 N–H and O–H groups in total. The number of allylic oxidation sites excluding steroid dienone is 1. The van der Waals surface area contributed by atoms with Crippen molar-refractivity contribution >= 4 is 5.57 Å². The molecule has 0 saturated carbocycles. The average molecular weight is 188 g/mol. The van der Waals surface area contributed by atoms with Crippen LogP contribution in [0.4, 0.5) is 0 Å². The molecule has 0 aliphatic heterocycles. The molecule has 1 heteroatoms. The number of aliphatic hydroxyl groups is 1. The molecule has 1 aliphatic carbocycles. The second-order valence-corrected chi connectivity index (χ2v) is 3.89. The summed E-state index contributed by atoms with van der Waals surface area (Å²) >= 11 is 0. The molecule has 1 atom stereocenters. The maximum Gasteiger partial charge on any atom is 0.0494 e. The Balaban J connectivity index is 2.22. The summed E-state index contributed by atoms with van der Waals surface area (Å²) in [6.45, 7) is 0.288. The Hall–Kier alpha value is -1.08. The van der Waals surface area contributed by atoms with Crippen LogP contribution in [-0.4, -0.2) is 11.7 Å². The van der Waals surface area contributed by atoms with Crippen molar-refractivity contribution < 1.29 is 5.11 Å². The standard InChI is InChI=1S/C13H16O/c14-10-11-5-4-8-13(9-11)12-6-2-1-3-7-12/h1-3,6-7,9,11,14H,4-5,8,10H2. The first-order valence-corrected chi connectivity index (χ1v) is 5.27. The van der Waals surface area contributed by atoms with Gasteiger partial charge in [-0.3, -0.25) is 0 Å². The fraction of sp³-hybridized carbons (Fsp3) is 0.385. The molecule has 14 heavy (non-hydrogen) atoms. The van der Waals surface area contributed by atoms with Gasteiger partial charge in [0, 0.05) is 12.5 Å². The summed E-state index contributed by atoms with van der Waals surface area (Å²) in [5.74, 6) is 0.374. The van der Waals surface area contributed by atoms with Crippen molar-refractivity contribution in [2.24, 2.45) is 5.92 Å². The molecule has 74 valence electrons. The average Bonchev–Trinajstić information content (AvgIpc) is 2.30. The van der Waals surface area contributed by atoms with Crippen molar-refractivity contribution in [3.63, 3.8) is 0 Å². The molecule has 0 aromatic heterocycles. The Kier molecular flexibility index (Phi) is 3.00. The van der Waals surface area contributed by atoms with Gasteiger partial charge in [0.2, 0.25) is 0 Å². The van der Waals surface area contributed by atoms with Crippen LogP contribution in [0.2, 0.25) is 0 Å². The summed E-state index contributed by atoms with van der Waals surface area (Å²) in [4.78, 5) is 0. The van der Waals surface area contributed by atoms with Gasteiger partial charge in [0.05, 0.1) is 0 Å². The lowest BCUT2D eigenvalue weighted by molar-refractivity contribution is 0.242. The predicted octanol–water partition coefficient (Wildman–Crippen LogP) is 2.86. The monoisotopic (exact) mass is 188 g/mol. The predicted molar refractivity (Wildman–Crippen MR) is 58.8 cm³/mol. The van der Waals surface area contributed by atoms with Crippen LogP contribution in [0.15, 0.2) is 36.4 Å². The minimum Gasteiger partial charge on any atom is -0.396 e. The van der Waals surface area contributed by atoms with Gasteiger partial charge in [0.1, 0.15) is 0 Å². The third-order valence-electron chi connectivity index (χ3n) is 2.84. The second-order valence-electron chi connectivity index (χ2n) is 3.89. The van der Waals surface area contributed by atoms with Crippen LogP contribution < -0.4 is 0 Å². The van der Waals surface area contributed by atoms with Crippen LogP contribution in [0.25, 0.3) is 5.57 Å². The smallest absolute Gasteiger partial charge is 0.0494 e. The zero-order chi connectivity index (χ0) is 9.80. The van der Waals surface area contributed by atoms with Gasteiger partial charge in [-0.15, -0.1) is 0 Å². The van der Waals surface area contributed by atoms with E-state index in [1.165, 1.54) is 17.6 Å². The highest BCUT2D eigenvalue weighted by Crippen LogP contribution is 2.29. The Bertz CT molecular complexity index is 313. The van der Waals surface area contributed by atoms with Crippen LogP contribution in [0, 0.1) is 5.92 Å². The number of benzene rings is 1. The summed E-state index contributed by atoms with van der Waals surface area (Å²) in [6.07, 6.45) is 5.72. The van der Waals surface area contributed by atoms with E-state index in [0.717, 1.165) is 12.8 Å². The van der Waals surface area contributed by atoms with Crippen molar-refractivity contribution in [3.8, 4) is 0 Å². The van der Waals surface area contributed by atoms with E-state index in [1.807, 2.05) is 6.07 Å². The summed E-state index contributed by atoms with van der Waals surface area (Å²) in [6, 6.07) is 10.5. The Morgan fingerprint density at radius 1 is 1.21 bits per heavy atom. The van der Waals surface area contributed by atoms with Crippen molar-refractivity contribution in [1.82, 2.24) is 0 Å². The van der Waals surface area contributed by atoms with Gasteiger partial charge in [-0.25, -0.2) is 0 Å². The topological polar surface area (TPSA) is 20.2 Å². The molecule has 0 saturated heterocycles. The van der Waals surface area contributed by atoms with Crippen molar-refractivity contribution in [2.45, 2.75) is 19.3 Å². The number of hydrogen-bond donors (Lipinski definition) is 1. The minimum atomic E-state index is 0.288. The van der Waals surface area contributed by atoms with E-state index in [1.54, 1.807) is 0 Å². The summed E-state index contributed by atoms with van der Waals surface area (Å²) < 4.78 is 0. The van der Waals surface area contributed by atoms with E-state index < -0.39 is 0 Å². The Morgan fingerprint density at radius 2 is 2.00 bits per heavy atom. The summed E-state index contributed by atoms with van der Waals surface area (Å²) in [5, 5.41) is 9.11. The Labute approximate surface area is 85.1 Å². The van der Waals surface area contributed by atoms with E-state index >= 15 is 0 Å². The first kappa shape index (κ1) is 9.47. The SMILES string of the molecule is OCC1C=C(c2ccccc2)CCC1. The first-order chi connectivity index (χ1) is 6.90. The molecule has 0 spiro atoms. The molecular weight excluding hydrogens is 172 g/mol. The van der Waals surface area contributed by atoms with Crippen LogP contribution in [0.1, 0.15) is 24.8 Å². The molecule has 1 aliphatic rings. The van der Waals surface area contributed by atoms with E-state index in [0.29, 0.717) is 5.92 Å². The highest BCUT2D eigenvalue weighted by molar-refractivity contribution is 5.66. The molecular formula is C13H16O.